The standard InChI is InChI=1S/C17H23ClN4O2/c1-3-21(4-2)11-9-19-17(23)16-8-10-22(20-16)13-24-15-7-5-6-14(18)12-15/h5-8,10,12H,3-4,9,11,13H2,1-2H3,(H,19,23). The summed E-state index contributed by atoms with van der Waals surface area (Å²) in [6.07, 6.45) is 1.71. The maximum Gasteiger partial charge on any atom is 0.271 e. The fourth-order valence-electron chi connectivity index (χ4n) is 2.21. The molecule has 1 N–H and O–H groups in total. The molecule has 2 aromatic rings. The van der Waals surface area contributed by atoms with Crippen LogP contribution in [-0.2, 0) is 6.73 Å². The van der Waals surface area contributed by atoms with E-state index in [4.69, 9.17) is 16.3 Å². The van der Waals surface area contributed by atoms with Crippen LogP contribution in [0.25, 0.3) is 0 Å². The SMILES string of the molecule is CCN(CC)CCNC(=O)c1ccn(COc2cccc(Cl)c2)n1. The van der Waals surface area contributed by atoms with E-state index in [-0.39, 0.29) is 12.6 Å². The number of nitrogens with zero attached hydrogens (tertiary/aromatic N) is 3. The van der Waals surface area contributed by atoms with Gasteiger partial charge in [-0.2, -0.15) is 5.10 Å². The summed E-state index contributed by atoms with van der Waals surface area (Å²) in [5.41, 5.74) is 0.379. The Kier molecular flexibility index (Phi) is 7.08. The number of rotatable bonds is 9. The third kappa shape index (κ3) is 5.54. The number of ether oxygens (including phenoxy) is 1. The van der Waals surface area contributed by atoms with Gasteiger partial charge in [0.25, 0.3) is 5.91 Å². The van der Waals surface area contributed by atoms with Crippen LogP contribution in [0.15, 0.2) is 36.5 Å². The number of benzene rings is 1. The Morgan fingerprint density at radius 1 is 1.33 bits per heavy atom. The summed E-state index contributed by atoms with van der Waals surface area (Å²) < 4.78 is 7.15. The zero-order chi connectivity index (χ0) is 17.4. The summed E-state index contributed by atoms with van der Waals surface area (Å²) in [4.78, 5) is 14.3. The Bertz CT molecular complexity index is 656. The largest absolute Gasteiger partial charge is 0.471 e. The quantitative estimate of drug-likeness (QED) is 0.755. The summed E-state index contributed by atoms with van der Waals surface area (Å²) in [7, 11) is 0. The van der Waals surface area contributed by atoms with Crippen molar-refractivity contribution in [3.05, 3.63) is 47.2 Å². The number of nitrogens with one attached hydrogen (secondary N) is 1. The average molecular weight is 351 g/mol. The minimum Gasteiger partial charge on any atom is -0.471 e. The molecule has 0 saturated heterocycles. The highest BCUT2D eigenvalue weighted by Crippen LogP contribution is 2.17. The molecule has 0 atom stereocenters. The minimum absolute atomic E-state index is 0.177. The summed E-state index contributed by atoms with van der Waals surface area (Å²) in [5, 5.41) is 7.71. The zero-order valence-electron chi connectivity index (χ0n) is 14.0. The molecule has 0 saturated carbocycles. The predicted molar refractivity (Wildman–Crippen MR) is 94.4 cm³/mol. The summed E-state index contributed by atoms with van der Waals surface area (Å²) in [6, 6.07) is 8.81. The van der Waals surface area contributed by atoms with E-state index in [1.807, 2.05) is 12.1 Å². The van der Waals surface area contributed by atoms with Crippen LogP contribution in [0.3, 0.4) is 0 Å². The number of aromatic nitrogens is 2. The van der Waals surface area contributed by atoms with E-state index in [9.17, 15) is 4.79 Å². The zero-order valence-corrected chi connectivity index (χ0v) is 14.8. The van der Waals surface area contributed by atoms with E-state index >= 15 is 0 Å². The highest BCUT2D eigenvalue weighted by atomic mass is 35.5. The fourth-order valence-corrected chi connectivity index (χ4v) is 2.39. The first-order valence-electron chi connectivity index (χ1n) is 8.04. The van der Waals surface area contributed by atoms with Crippen LogP contribution >= 0.6 is 11.6 Å². The lowest BCUT2D eigenvalue weighted by molar-refractivity contribution is 0.0942. The fraction of sp³-hybridized carbons (Fsp3) is 0.412. The lowest BCUT2D eigenvalue weighted by Gasteiger charge is -2.17. The van der Waals surface area contributed by atoms with E-state index in [0.717, 1.165) is 19.6 Å². The van der Waals surface area contributed by atoms with Gasteiger partial charge in [0.05, 0.1) is 0 Å². The normalized spacial score (nSPS) is 10.8. The van der Waals surface area contributed by atoms with Gasteiger partial charge in [-0.1, -0.05) is 31.5 Å². The van der Waals surface area contributed by atoms with Crippen LogP contribution < -0.4 is 10.1 Å². The van der Waals surface area contributed by atoms with E-state index < -0.39 is 0 Å². The first-order valence-corrected chi connectivity index (χ1v) is 8.42. The van der Waals surface area contributed by atoms with Crippen molar-refractivity contribution in [1.29, 1.82) is 0 Å². The van der Waals surface area contributed by atoms with Gasteiger partial charge in [0.2, 0.25) is 0 Å². The Balaban J connectivity index is 1.80. The molecule has 0 spiro atoms. The van der Waals surface area contributed by atoms with Gasteiger partial charge in [-0.25, -0.2) is 4.68 Å². The highest BCUT2D eigenvalue weighted by molar-refractivity contribution is 6.30. The van der Waals surface area contributed by atoms with Crippen molar-refractivity contribution in [3.8, 4) is 5.75 Å². The molecule has 1 aromatic carbocycles. The molecule has 6 nitrogen and oxygen atoms in total. The molecule has 1 amide bonds. The second-order valence-corrected chi connectivity index (χ2v) is 5.69. The lowest BCUT2D eigenvalue weighted by Crippen LogP contribution is -2.35. The molecule has 0 bridgehead atoms. The number of likely N-dealkylation sites (N-methyl/N-ethyl adjacent to an activating group) is 1. The third-order valence-electron chi connectivity index (χ3n) is 3.64. The second kappa shape index (κ2) is 9.30. The summed E-state index contributed by atoms with van der Waals surface area (Å²) >= 11 is 5.91. The molecule has 1 aromatic heterocycles. The Morgan fingerprint density at radius 3 is 2.83 bits per heavy atom. The molecule has 0 aliphatic rings. The van der Waals surface area contributed by atoms with Gasteiger partial charge in [-0.15, -0.1) is 0 Å². The molecule has 2 rings (SSSR count). The molecule has 24 heavy (non-hydrogen) atoms. The summed E-state index contributed by atoms with van der Waals surface area (Å²) in [5.74, 6) is 0.479. The molecule has 0 fully saturated rings. The number of hydrogen-bond acceptors (Lipinski definition) is 4. The van der Waals surface area contributed by atoms with Crippen molar-refractivity contribution < 1.29 is 9.53 Å². The van der Waals surface area contributed by atoms with E-state index in [0.29, 0.717) is 23.0 Å². The van der Waals surface area contributed by atoms with Crippen molar-refractivity contribution >= 4 is 17.5 Å². The maximum absolute atomic E-state index is 12.1. The van der Waals surface area contributed by atoms with Crippen LogP contribution in [0.5, 0.6) is 5.75 Å². The summed E-state index contributed by atoms with van der Waals surface area (Å²) in [6.45, 7) is 7.81. The first kappa shape index (κ1) is 18.3. The van der Waals surface area contributed by atoms with Crippen LogP contribution in [-0.4, -0.2) is 46.8 Å². The molecular formula is C17H23ClN4O2. The van der Waals surface area contributed by atoms with Crippen molar-refractivity contribution in [2.24, 2.45) is 0 Å². The molecule has 130 valence electrons. The van der Waals surface area contributed by atoms with Crippen molar-refractivity contribution in [2.75, 3.05) is 26.2 Å². The van der Waals surface area contributed by atoms with Crippen molar-refractivity contribution in [2.45, 2.75) is 20.6 Å². The van der Waals surface area contributed by atoms with Crippen LogP contribution in [0, 0.1) is 0 Å². The number of amides is 1. The number of hydrogen-bond donors (Lipinski definition) is 1. The minimum atomic E-state index is -0.177. The van der Waals surface area contributed by atoms with E-state index in [1.165, 1.54) is 0 Å². The molecule has 0 aliphatic carbocycles. The van der Waals surface area contributed by atoms with Gasteiger partial charge in [0.1, 0.15) is 11.4 Å². The third-order valence-corrected chi connectivity index (χ3v) is 3.88. The van der Waals surface area contributed by atoms with Crippen LogP contribution in [0.1, 0.15) is 24.3 Å². The number of halogens is 1. The Labute approximate surface area is 147 Å². The average Bonchev–Trinajstić information content (AvgIpc) is 3.06. The van der Waals surface area contributed by atoms with Gasteiger partial charge in [0.15, 0.2) is 6.73 Å². The Hall–Kier alpha value is -2.05. The highest BCUT2D eigenvalue weighted by Gasteiger charge is 2.09. The smallest absolute Gasteiger partial charge is 0.271 e. The maximum atomic E-state index is 12.1. The van der Waals surface area contributed by atoms with Gasteiger partial charge >= 0.3 is 0 Å². The second-order valence-electron chi connectivity index (χ2n) is 5.25. The van der Waals surface area contributed by atoms with Gasteiger partial charge in [0, 0.05) is 24.3 Å². The lowest BCUT2D eigenvalue weighted by atomic mass is 10.3. The Morgan fingerprint density at radius 2 is 2.12 bits per heavy atom. The van der Waals surface area contributed by atoms with Crippen molar-refractivity contribution in [1.82, 2.24) is 20.0 Å². The van der Waals surface area contributed by atoms with Gasteiger partial charge in [-0.05, 0) is 37.4 Å². The van der Waals surface area contributed by atoms with Crippen molar-refractivity contribution in [3.63, 3.8) is 0 Å². The number of carbonyl (C=O) groups is 1. The van der Waals surface area contributed by atoms with E-state index in [1.54, 1.807) is 29.1 Å². The predicted octanol–water partition coefficient (Wildman–Crippen LogP) is 2.64. The monoisotopic (exact) mass is 350 g/mol. The molecular weight excluding hydrogens is 328 g/mol. The van der Waals surface area contributed by atoms with E-state index in [2.05, 4.69) is 29.2 Å². The molecule has 0 radical (unpaired) electrons. The van der Waals surface area contributed by atoms with Gasteiger partial charge < -0.3 is 15.0 Å². The molecule has 0 unspecified atom stereocenters. The topological polar surface area (TPSA) is 59.4 Å². The molecule has 0 aliphatic heterocycles. The van der Waals surface area contributed by atoms with Crippen LogP contribution in [0.2, 0.25) is 5.02 Å². The van der Waals surface area contributed by atoms with Crippen LogP contribution in [0.4, 0.5) is 0 Å². The first-order chi connectivity index (χ1) is 11.6. The molecule has 7 heteroatoms. The number of carbonyl (C=O) groups excluding carboxylic acids is 1. The molecule has 1 heterocycles. The van der Waals surface area contributed by atoms with Gasteiger partial charge in [-0.3, -0.25) is 4.79 Å².